The topological polar surface area (TPSA) is 66.4 Å². The van der Waals surface area contributed by atoms with Crippen molar-refractivity contribution in [2.45, 2.75) is 16.9 Å². The second-order valence-electron chi connectivity index (χ2n) is 3.92. The van der Waals surface area contributed by atoms with E-state index in [0.717, 1.165) is 0 Å². The Labute approximate surface area is 93.3 Å². The molecular formula is C10H12FNO3S. The van der Waals surface area contributed by atoms with E-state index in [9.17, 15) is 17.4 Å². The third-order valence-electron chi connectivity index (χ3n) is 2.79. The molecule has 6 heteroatoms. The fourth-order valence-corrected chi connectivity index (χ4v) is 2.37. The molecule has 4 nitrogen and oxygen atoms in total. The first-order valence-corrected chi connectivity index (χ1v) is 6.28. The van der Waals surface area contributed by atoms with Gasteiger partial charge in [-0.25, -0.2) is 0 Å². The number of nitrogens with one attached hydrogen (secondary N) is 1. The summed E-state index contributed by atoms with van der Waals surface area (Å²) >= 11 is 0. The van der Waals surface area contributed by atoms with Gasteiger partial charge >= 0.3 is 10.2 Å². The molecule has 1 unspecified atom stereocenters. The Bertz CT molecular complexity index is 495. The molecular weight excluding hydrogens is 233 g/mol. The molecule has 0 radical (unpaired) electrons. The molecule has 1 aromatic carbocycles. The standard InChI is InChI=1S/C10H12FNO3S/c11-16(14,15)9-3-1-2-8(6-9)10(13)4-5-12-7-10/h1-3,6,12-13H,4-5,7H2. The summed E-state index contributed by atoms with van der Waals surface area (Å²) in [6.45, 7) is 1.01. The first-order valence-electron chi connectivity index (χ1n) is 4.90. The Hall–Kier alpha value is -0.980. The van der Waals surface area contributed by atoms with Crippen LogP contribution in [0.15, 0.2) is 29.2 Å². The SMILES string of the molecule is O=S(=O)(F)c1cccc(C2(O)CCNC2)c1. The van der Waals surface area contributed by atoms with Gasteiger partial charge in [0.1, 0.15) is 5.60 Å². The number of hydrogen-bond donors (Lipinski definition) is 2. The number of hydrogen-bond acceptors (Lipinski definition) is 4. The van der Waals surface area contributed by atoms with Crippen molar-refractivity contribution >= 4 is 10.2 Å². The van der Waals surface area contributed by atoms with Crippen molar-refractivity contribution in [3.8, 4) is 0 Å². The van der Waals surface area contributed by atoms with Gasteiger partial charge in [0, 0.05) is 6.54 Å². The van der Waals surface area contributed by atoms with Crippen LogP contribution in [0.3, 0.4) is 0 Å². The van der Waals surface area contributed by atoms with Gasteiger partial charge < -0.3 is 10.4 Å². The van der Waals surface area contributed by atoms with Gasteiger partial charge in [-0.05, 0) is 30.7 Å². The lowest BCUT2D eigenvalue weighted by Crippen LogP contribution is -2.28. The van der Waals surface area contributed by atoms with E-state index in [1.165, 1.54) is 18.2 Å². The summed E-state index contributed by atoms with van der Waals surface area (Å²) in [6, 6.07) is 5.38. The van der Waals surface area contributed by atoms with Crippen LogP contribution in [0, 0.1) is 0 Å². The molecule has 88 valence electrons. The predicted molar refractivity (Wildman–Crippen MR) is 56.1 cm³/mol. The molecule has 1 aliphatic heterocycles. The van der Waals surface area contributed by atoms with Gasteiger partial charge in [0.15, 0.2) is 0 Å². The third kappa shape index (κ3) is 2.09. The van der Waals surface area contributed by atoms with Crippen LogP contribution in [0.5, 0.6) is 0 Å². The van der Waals surface area contributed by atoms with Crippen molar-refractivity contribution in [2.24, 2.45) is 0 Å². The molecule has 0 aromatic heterocycles. The molecule has 0 amide bonds. The smallest absolute Gasteiger partial charge is 0.332 e. The van der Waals surface area contributed by atoms with E-state index in [2.05, 4.69) is 5.32 Å². The van der Waals surface area contributed by atoms with Crippen LogP contribution in [-0.4, -0.2) is 26.6 Å². The zero-order valence-electron chi connectivity index (χ0n) is 8.48. The highest BCUT2D eigenvalue weighted by Crippen LogP contribution is 2.29. The lowest BCUT2D eigenvalue weighted by atomic mass is 9.93. The van der Waals surface area contributed by atoms with E-state index in [1.807, 2.05) is 0 Å². The zero-order valence-corrected chi connectivity index (χ0v) is 9.30. The Morgan fingerprint density at radius 3 is 2.75 bits per heavy atom. The van der Waals surface area contributed by atoms with Crippen LogP contribution in [-0.2, 0) is 15.8 Å². The van der Waals surface area contributed by atoms with Gasteiger partial charge in [0.2, 0.25) is 0 Å². The van der Waals surface area contributed by atoms with Crippen molar-refractivity contribution in [1.29, 1.82) is 0 Å². The van der Waals surface area contributed by atoms with E-state index in [1.54, 1.807) is 6.07 Å². The molecule has 16 heavy (non-hydrogen) atoms. The molecule has 1 aromatic rings. The summed E-state index contributed by atoms with van der Waals surface area (Å²) in [5.41, 5.74) is -0.669. The van der Waals surface area contributed by atoms with Crippen molar-refractivity contribution in [2.75, 3.05) is 13.1 Å². The fourth-order valence-electron chi connectivity index (χ4n) is 1.86. The average Bonchev–Trinajstić information content (AvgIpc) is 2.66. The molecule has 2 N–H and O–H groups in total. The number of β-amino-alcohol motifs (C(OH)–C–C–N with tert-alkyl or cyclic N) is 1. The molecule has 1 aliphatic rings. The minimum atomic E-state index is -4.71. The maximum absolute atomic E-state index is 12.8. The van der Waals surface area contributed by atoms with Crippen molar-refractivity contribution in [3.63, 3.8) is 0 Å². The summed E-state index contributed by atoms with van der Waals surface area (Å²) in [6.07, 6.45) is 0.489. The molecule has 0 aliphatic carbocycles. The number of aliphatic hydroxyl groups is 1. The summed E-state index contributed by atoms with van der Waals surface area (Å²) < 4.78 is 34.3. The van der Waals surface area contributed by atoms with Crippen LogP contribution < -0.4 is 5.32 Å². The zero-order chi connectivity index (χ0) is 11.8. The monoisotopic (exact) mass is 245 g/mol. The van der Waals surface area contributed by atoms with E-state index >= 15 is 0 Å². The average molecular weight is 245 g/mol. The van der Waals surface area contributed by atoms with E-state index < -0.39 is 20.7 Å². The Kier molecular flexibility index (Phi) is 2.73. The Morgan fingerprint density at radius 2 is 2.19 bits per heavy atom. The molecule has 1 fully saturated rings. The number of benzene rings is 1. The first kappa shape index (κ1) is 11.5. The molecule has 1 heterocycles. The Balaban J connectivity index is 2.44. The Morgan fingerprint density at radius 1 is 1.44 bits per heavy atom. The highest BCUT2D eigenvalue weighted by Gasteiger charge is 2.33. The third-order valence-corrected chi connectivity index (χ3v) is 3.60. The number of halogens is 1. The molecule has 0 saturated carbocycles. The van der Waals surface area contributed by atoms with Crippen LogP contribution in [0.25, 0.3) is 0 Å². The number of rotatable bonds is 2. The van der Waals surface area contributed by atoms with E-state index in [4.69, 9.17) is 0 Å². The van der Waals surface area contributed by atoms with Crippen molar-refractivity contribution in [3.05, 3.63) is 29.8 Å². The second kappa shape index (κ2) is 3.80. The fraction of sp³-hybridized carbons (Fsp3) is 0.400. The van der Waals surface area contributed by atoms with Gasteiger partial charge in [-0.15, -0.1) is 3.89 Å². The molecule has 0 spiro atoms. The van der Waals surface area contributed by atoms with Crippen LogP contribution in [0.4, 0.5) is 3.89 Å². The van der Waals surface area contributed by atoms with Gasteiger partial charge in [-0.2, -0.15) is 8.42 Å². The maximum atomic E-state index is 12.8. The van der Waals surface area contributed by atoms with Crippen LogP contribution in [0.2, 0.25) is 0 Å². The van der Waals surface area contributed by atoms with Crippen LogP contribution in [0.1, 0.15) is 12.0 Å². The minimum absolute atomic E-state index is 0.350. The highest BCUT2D eigenvalue weighted by atomic mass is 32.3. The maximum Gasteiger partial charge on any atom is 0.332 e. The first-order chi connectivity index (χ1) is 7.42. The normalized spacial score (nSPS) is 25.9. The van der Waals surface area contributed by atoms with Gasteiger partial charge in [0.05, 0.1) is 4.90 Å². The van der Waals surface area contributed by atoms with Crippen LogP contribution >= 0.6 is 0 Å². The minimum Gasteiger partial charge on any atom is -0.384 e. The summed E-state index contributed by atoms with van der Waals surface area (Å²) in [5.74, 6) is 0. The van der Waals surface area contributed by atoms with E-state index in [0.29, 0.717) is 25.1 Å². The van der Waals surface area contributed by atoms with Crippen molar-refractivity contribution in [1.82, 2.24) is 5.32 Å². The van der Waals surface area contributed by atoms with Gasteiger partial charge in [0.25, 0.3) is 0 Å². The molecule has 1 saturated heterocycles. The van der Waals surface area contributed by atoms with Gasteiger partial charge in [-0.1, -0.05) is 12.1 Å². The lowest BCUT2D eigenvalue weighted by molar-refractivity contribution is 0.0585. The highest BCUT2D eigenvalue weighted by molar-refractivity contribution is 7.86. The summed E-state index contributed by atoms with van der Waals surface area (Å²) in [7, 11) is -4.71. The van der Waals surface area contributed by atoms with E-state index in [-0.39, 0.29) is 0 Å². The second-order valence-corrected chi connectivity index (χ2v) is 5.27. The summed E-state index contributed by atoms with van der Waals surface area (Å²) in [4.78, 5) is -0.412. The quantitative estimate of drug-likeness (QED) is 0.746. The van der Waals surface area contributed by atoms with Crippen molar-refractivity contribution < 1.29 is 17.4 Å². The largest absolute Gasteiger partial charge is 0.384 e. The summed E-state index contributed by atoms with van der Waals surface area (Å²) in [5, 5.41) is 13.1. The molecule has 2 rings (SSSR count). The van der Waals surface area contributed by atoms with Gasteiger partial charge in [-0.3, -0.25) is 0 Å². The molecule has 1 atom stereocenters. The lowest BCUT2D eigenvalue weighted by Gasteiger charge is -2.21. The molecule has 0 bridgehead atoms. The predicted octanol–water partition coefficient (Wildman–Crippen LogP) is 0.526.